The van der Waals surface area contributed by atoms with Gasteiger partial charge < -0.3 is 4.90 Å². The van der Waals surface area contributed by atoms with Gasteiger partial charge in [0.1, 0.15) is 0 Å². The molecule has 1 aromatic heterocycles. The van der Waals surface area contributed by atoms with Crippen LogP contribution in [0.5, 0.6) is 0 Å². The van der Waals surface area contributed by atoms with E-state index in [0.29, 0.717) is 5.92 Å². The summed E-state index contributed by atoms with van der Waals surface area (Å²) >= 11 is 0. The van der Waals surface area contributed by atoms with Gasteiger partial charge in [-0.25, -0.2) is 4.68 Å². The number of hydrogen-bond acceptors (Lipinski definition) is 2. The number of rotatable bonds is 3. The molecule has 2 heterocycles. The van der Waals surface area contributed by atoms with Crippen LogP contribution in [0.4, 0.5) is 5.69 Å². The van der Waals surface area contributed by atoms with Gasteiger partial charge in [0.05, 0.1) is 5.69 Å². The fourth-order valence-electron chi connectivity index (χ4n) is 3.27. The molecule has 1 aliphatic heterocycles. The van der Waals surface area contributed by atoms with Crippen LogP contribution < -0.4 is 4.90 Å². The van der Waals surface area contributed by atoms with Gasteiger partial charge in [0.15, 0.2) is 0 Å². The zero-order valence-corrected chi connectivity index (χ0v) is 12.7. The highest BCUT2D eigenvalue weighted by Gasteiger charge is 2.24. The number of benzene rings is 2. The molecule has 3 nitrogen and oxygen atoms in total. The lowest BCUT2D eigenvalue weighted by Crippen LogP contribution is -2.20. The molecule has 0 bridgehead atoms. The van der Waals surface area contributed by atoms with Crippen molar-refractivity contribution in [2.45, 2.75) is 19.4 Å². The quantitative estimate of drug-likeness (QED) is 0.727. The molecule has 22 heavy (non-hydrogen) atoms. The van der Waals surface area contributed by atoms with Gasteiger partial charge in [-0.2, -0.15) is 5.10 Å². The fourth-order valence-corrected chi connectivity index (χ4v) is 3.27. The van der Waals surface area contributed by atoms with E-state index in [1.165, 1.54) is 16.8 Å². The molecule has 0 spiro atoms. The van der Waals surface area contributed by atoms with Crippen molar-refractivity contribution in [1.29, 1.82) is 0 Å². The summed E-state index contributed by atoms with van der Waals surface area (Å²) in [5.74, 6) is 0.611. The zero-order valence-electron chi connectivity index (χ0n) is 12.7. The summed E-state index contributed by atoms with van der Waals surface area (Å²) in [6.07, 6.45) is 3.77. The molecule has 0 radical (unpaired) electrons. The lowest BCUT2D eigenvalue weighted by molar-refractivity contribution is 0.745. The maximum absolute atomic E-state index is 4.27. The molecule has 0 amide bonds. The Bertz CT molecular complexity index is 760. The fraction of sp³-hybridized carbons (Fsp3) is 0.211. The first-order valence-electron chi connectivity index (χ1n) is 7.74. The number of fused-ring (bicyclic) bond motifs is 1. The van der Waals surface area contributed by atoms with Crippen LogP contribution in [0, 0.1) is 0 Å². The first kappa shape index (κ1) is 13.1. The highest BCUT2D eigenvalue weighted by atomic mass is 15.3. The molecule has 1 unspecified atom stereocenters. The second-order valence-corrected chi connectivity index (χ2v) is 5.96. The topological polar surface area (TPSA) is 21.1 Å². The number of hydrogen-bond donors (Lipinski definition) is 0. The molecule has 110 valence electrons. The molecule has 2 aromatic carbocycles. The molecule has 3 aromatic rings. The van der Waals surface area contributed by atoms with Crippen molar-refractivity contribution in [1.82, 2.24) is 9.78 Å². The second-order valence-electron chi connectivity index (χ2n) is 5.96. The molecule has 1 aliphatic rings. The highest BCUT2D eigenvalue weighted by Crippen LogP contribution is 2.36. The summed E-state index contributed by atoms with van der Waals surface area (Å²) in [6.45, 7) is 4.36. The minimum absolute atomic E-state index is 0.611. The molecule has 3 heteroatoms. The van der Waals surface area contributed by atoms with Gasteiger partial charge in [0, 0.05) is 37.1 Å². The second kappa shape index (κ2) is 5.34. The normalized spacial score (nSPS) is 16.8. The van der Waals surface area contributed by atoms with Crippen molar-refractivity contribution >= 4 is 5.69 Å². The molecule has 0 aliphatic carbocycles. The molecular weight excluding hydrogens is 270 g/mol. The van der Waals surface area contributed by atoms with Crippen LogP contribution in [-0.4, -0.2) is 16.3 Å². The predicted molar refractivity (Wildman–Crippen MR) is 89.5 cm³/mol. The maximum atomic E-state index is 4.27. The van der Waals surface area contributed by atoms with Crippen molar-refractivity contribution in [3.63, 3.8) is 0 Å². The van der Waals surface area contributed by atoms with E-state index in [0.717, 1.165) is 18.8 Å². The van der Waals surface area contributed by atoms with Crippen molar-refractivity contribution in [3.8, 4) is 5.69 Å². The molecule has 0 fully saturated rings. The molecule has 0 saturated heterocycles. The van der Waals surface area contributed by atoms with E-state index >= 15 is 0 Å². The van der Waals surface area contributed by atoms with Crippen LogP contribution in [-0.2, 0) is 6.54 Å². The maximum Gasteiger partial charge on any atom is 0.0645 e. The first-order valence-corrected chi connectivity index (χ1v) is 7.74. The number of nitrogens with zero attached hydrogens (tertiary/aromatic N) is 3. The number of para-hydroxylation sites is 1. The summed E-state index contributed by atoms with van der Waals surface area (Å²) in [4.78, 5) is 2.48. The monoisotopic (exact) mass is 289 g/mol. The third kappa shape index (κ3) is 2.29. The summed E-state index contributed by atoms with van der Waals surface area (Å²) < 4.78 is 1.89. The molecule has 4 rings (SSSR count). The lowest BCUT2D eigenvalue weighted by Gasteiger charge is -2.20. The van der Waals surface area contributed by atoms with E-state index in [4.69, 9.17) is 0 Å². The van der Waals surface area contributed by atoms with Gasteiger partial charge >= 0.3 is 0 Å². The Kier molecular flexibility index (Phi) is 3.19. The standard InChI is InChI=1S/C19H19N3/c1-15-13-21(19-6-3-2-5-18(15)19)14-16-7-9-17(10-8-16)22-12-4-11-20-22/h2-12,15H,13-14H2,1H3. The average Bonchev–Trinajstić information content (AvgIpc) is 3.18. The lowest BCUT2D eigenvalue weighted by atomic mass is 10.0. The predicted octanol–water partition coefficient (Wildman–Crippen LogP) is 4.00. The van der Waals surface area contributed by atoms with Gasteiger partial charge in [0.25, 0.3) is 0 Å². The van der Waals surface area contributed by atoms with E-state index in [-0.39, 0.29) is 0 Å². The smallest absolute Gasteiger partial charge is 0.0645 e. The van der Waals surface area contributed by atoms with Crippen molar-refractivity contribution in [3.05, 3.63) is 78.1 Å². The third-order valence-corrected chi connectivity index (χ3v) is 4.38. The Hall–Kier alpha value is -2.55. The van der Waals surface area contributed by atoms with E-state index in [1.54, 1.807) is 6.20 Å². The summed E-state index contributed by atoms with van der Waals surface area (Å²) in [6, 6.07) is 19.4. The molecular formula is C19H19N3. The molecule has 0 saturated carbocycles. The largest absolute Gasteiger partial charge is 0.366 e. The van der Waals surface area contributed by atoms with Gasteiger partial charge in [-0.15, -0.1) is 0 Å². The van der Waals surface area contributed by atoms with Crippen molar-refractivity contribution in [2.75, 3.05) is 11.4 Å². The van der Waals surface area contributed by atoms with E-state index in [2.05, 4.69) is 65.5 Å². The summed E-state index contributed by atoms with van der Waals surface area (Å²) in [5, 5.41) is 4.27. The zero-order chi connectivity index (χ0) is 14.9. The van der Waals surface area contributed by atoms with Crippen LogP contribution in [0.25, 0.3) is 5.69 Å². The Morgan fingerprint density at radius 1 is 1.05 bits per heavy atom. The van der Waals surface area contributed by atoms with Crippen LogP contribution in [0.2, 0.25) is 0 Å². The Morgan fingerprint density at radius 3 is 2.64 bits per heavy atom. The molecule has 0 N–H and O–H groups in total. The highest BCUT2D eigenvalue weighted by molar-refractivity contribution is 5.60. The number of aromatic nitrogens is 2. The number of anilines is 1. The third-order valence-electron chi connectivity index (χ3n) is 4.38. The van der Waals surface area contributed by atoms with E-state index in [1.807, 2.05) is 16.9 Å². The van der Waals surface area contributed by atoms with Gasteiger partial charge in [-0.3, -0.25) is 0 Å². The Morgan fingerprint density at radius 2 is 1.86 bits per heavy atom. The van der Waals surface area contributed by atoms with E-state index < -0.39 is 0 Å². The summed E-state index contributed by atoms with van der Waals surface area (Å²) in [5.41, 5.74) is 5.28. The van der Waals surface area contributed by atoms with Gasteiger partial charge in [-0.05, 0) is 35.4 Å². The molecule has 1 atom stereocenters. The van der Waals surface area contributed by atoms with Crippen molar-refractivity contribution < 1.29 is 0 Å². The van der Waals surface area contributed by atoms with Gasteiger partial charge in [-0.1, -0.05) is 37.3 Å². The van der Waals surface area contributed by atoms with Crippen LogP contribution >= 0.6 is 0 Å². The van der Waals surface area contributed by atoms with Crippen LogP contribution in [0.1, 0.15) is 24.0 Å². The van der Waals surface area contributed by atoms with E-state index in [9.17, 15) is 0 Å². The Labute approximate surface area is 130 Å². The van der Waals surface area contributed by atoms with Crippen molar-refractivity contribution in [2.24, 2.45) is 0 Å². The van der Waals surface area contributed by atoms with Crippen LogP contribution in [0.3, 0.4) is 0 Å². The minimum Gasteiger partial charge on any atom is -0.366 e. The van der Waals surface area contributed by atoms with Gasteiger partial charge in [0.2, 0.25) is 0 Å². The van der Waals surface area contributed by atoms with Crippen LogP contribution in [0.15, 0.2) is 67.0 Å². The summed E-state index contributed by atoms with van der Waals surface area (Å²) in [7, 11) is 0. The average molecular weight is 289 g/mol. The minimum atomic E-state index is 0.611. The Balaban J connectivity index is 1.55. The first-order chi connectivity index (χ1) is 10.8. The SMILES string of the molecule is CC1CN(Cc2ccc(-n3cccn3)cc2)c2ccccc21.